The Morgan fingerprint density at radius 1 is 1.06 bits per heavy atom. The molecule has 32 heavy (non-hydrogen) atoms. The molecular formula is C28H30N2O2. The molecule has 1 saturated carbocycles. The Balaban J connectivity index is 1.75. The number of carbonyl (C=O) groups is 1. The number of ketones is 1. The molecule has 1 aromatic heterocycles. The zero-order valence-corrected chi connectivity index (χ0v) is 18.8. The number of Topliss-reactive ketones (excluding diaryl/α,β-unsaturated/α-hetero) is 1. The van der Waals surface area contributed by atoms with Crippen molar-refractivity contribution < 1.29 is 9.90 Å². The van der Waals surface area contributed by atoms with Crippen molar-refractivity contribution in [1.29, 1.82) is 0 Å². The summed E-state index contributed by atoms with van der Waals surface area (Å²) in [5.74, 6) is 1.43. The molecule has 1 heterocycles. The standard InChI is InChI=1S/C28H30N2O2/c1-18-24-12-11-23-26(21-8-6-7-20(17-21)14-16-31)29-19(2)30-27(23)28(24,15-13-25(18)32)22-9-4-3-5-10-22/h3-10,17-18,24,31H,11-16H2,1-2H3/t18-,24-,28+/m0/s1. The number of hydrogen-bond acceptors (Lipinski definition) is 4. The van der Waals surface area contributed by atoms with Crippen molar-refractivity contribution >= 4 is 5.78 Å². The Bertz CT molecular complexity index is 1160. The van der Waals surface area contributed by atoms with Gasteiger partial charge in [-0.15, -0.1) is 0 Å². The van der Waals surface area contributed by atoms with Crippen molar-refractivity contribution in [1.82, 2.24) is 9.97 Å². The number of nitrogens with zero attached hydrogens (tertiary/aromatic N) is 2. The van der Waals surface area contributed by atoms with E-state index in [0.717, 1.165) is 47.6 Å². The molecule has 3 atom stereocenters. The monoisotopic (exact) mass is 426 g/mol. The van der Waals surface area contributed by atoms with E-state index < -0.39 is 0 Å². The molecule has 2 aliphatic rings. The van der Waals surface area contributed by atoms with Gasteiger partial charge in [-0.3, -0.25) is 4.79 Å². The van der Waals surface area contributed by atoms with Crippen molar-refractivity contribution in [3.63, 3.8) is 0 Å². The average Bonchev–Trinajstić information content (AvgIpc) is 2.82. The molecule has 0 unspecified atom stereocenters. The molecule has 4 heteroatoms. The maximum absolute atomic E-state index is 12.7. The number of aromatic nitrogens is 2. The van der Waals surface area contributed by atoms with Gasteiger partial charge in [-0.2, -0.15) is 0 Å². The Morgan fingerprint density at radius 3 is 2.66 bits per heavy atom. The van der Waals surface area contributed by atoms with Crippen LogP contribution in [0.5, 0.6) is 0 Å². The first-order chi connectivity index (χ1) is 15.5. The molecule has 5 rings (SSSR count). The zero-order valence-electron chi connectivity index (χ0n) is 18.8. The number of hydrogen-bond donors (Lipinski definition) is 1. The molecule has 0 amide bonds. The molecule has 4 nitrogen and oxygen atoms in total. The summed E-state index contributed by atoms with van der Waals surface area (Å²) in [5, 5.41) is 9.40. The van der Waals surface area contributed by atoms with Gasteiger partial charge in [0.15, 0.2) is 0 Å². The molecule has 164 valence electrons. The lowest BCUT2D eigenvalue weighted by Crippen LogP contribution is -2.50. The van der Waals surface area contributed by atoms with Crippen molar-refractivity contribution in [2.24, 2.45) is 11.8 Å². The molecule has 1 fully saturated rings. The molecule has 0 bridgehead atoms. The normalized spacial score (nSPS) is 24.7. The minimum Gasteiger partial charge on any atom is -0.396 e. The first-order valence-electron chi connectivity index (χ1n) is 11.7. The molecule has 3 aromatic rings. The van der Waals surface area contributed by atoms with Gasteiger partial charge in [0.1, 0.15) is 11.6 Å². The van der Waals surface area contributed by atoms with Crippen LogP contribution in [0.1, 0.15) is 54.4 Å². The van der Waals surface area contributed by atoms with Crippen LogP contribution in [0.15, 0.2) is 54.6 Å². The molecule has 2 aliphatic carbocycles. The Labute approximate surface area is 189 Å². The number of aliphatic hydroxyl groups is 1. The Kier molecular flexibility index (Phi) is 5.42. The van der Waals surface area contributed by atoms with Crippen molar-refractivity contribution in [2.75, 3.05) is 6.61 Å². The lowest BCUT2D eigenvalue weighted by atomic mass is 9.52. The fourth-order valence-electron chi connectivity index (χ4n) is 6.15. The van der Waals surface area contributed by atoms with Crippen LogP contribution in [0, 0.1) is 18.8 Å². The summed E-state index contributed by atoms with van der Waals surface area (Å²) in [6.07, 6.45) is 3.88. The fourth-order valence-corrected chi connectivity index (χ4v) is 6.15. The Hall–Kier alpha value is -2.85. The summed E-state index contributed by atoms with van der Waals surface area (Å²) in [5.41, 5.74) is 6.55. The first kappa shape index (κ1) is 21.0. The van der Waals surface area contributed by atoms with E-state index in [0.29, 0.717) is 18.6 Å². The summed E-state index contributed by atoms with van der Waals surface area (Å²) in [7, 11) is 0. The predicted molar refractivity (Wildman–Crippen MR) is 125 cm³/mol. The largest absolute Gasteiger partial charge is 0.396 e. The van der Waals surface area contributed by atoms with E-state index in [1.54, 1.807) is 0 Å². The van der Waals surface area contributed by atoms with Crippen LogP contribution in [0.3, 0.4) is 0 Å². The van der Waals surface area contributed by atoms with Crippen LogP contribution >= 0.6 is 0 Å². The van der Waals surface area contributed by atoms with E-state index in [2.05, 4.69) is 55.5 Å². The maximum Gasteiger partial charge on any atom is 0.136 e. The smallest absolute Gasteiger partial charge is 0.136 e. The second-order valence-electron chi connectivity index (χ2n) is 9.36. The van der Waals surface area contributed by atoms with Gasteiger partial charge in [-0.05, 0) is 55.7 Å². The number of aliphatic hydroxyl groups excluding tert-OH is 1. The van der Waals surface area contributed by atoms with Gasteiger partial charge in [-0.1, -0.05) is 55.5 Å². The summed E-state index contributed by atoms with van der Waals surface area (Å²) in [4.78, 5) is 22.7. The highest BCUT2D eigenvalue weighted by molar-refractivity contribution is 5.83. The number of rotatable bonds is 4. The minimum absolute atomic E-state index is 0.0312. The van der Waals surface area contributed by atoms with E-state index in [4.69, 9.17) is 9.97 Å². The third-order valence-electron chi connectivity index (χ3n) is 7.65. The highest BCUT2D eigenvalue weighted by atomic mass is 16.3. The van der Waals surface area contributed by atoms with E-state index in [9.17, 15) is 9.90 Å². The number of carbonyl (C=O) groups excluding carboxylic acids is 1. The van der Waals surface area contributed by atoms with Gasteiger partial charge in [0.2, 0.25) is 0 Å². The van der Waals surface area contributed by atoms with Crippen molar-refractivity contribution in [3.8, 4) is 11.3 Å². The number of benzene rings is 2. The van der Waals surface area contributed by atoms with Crippen molar-refractivity contribution in [3.05, 3.63) is 82.8 Å². The average molecular weight is 427 g/mol. The zero-order chi connectivity index (χ0) is 22.3. The predicted octanol–water partition coefficient (Wildman–Crippen LogP) is 4.83. The molecule has 0 saturated heterocycles. The van der Waals surface area contributed by atoms with Gasteiger partial charge in [0, 0.05) is 35.5 Å². The maximum atomic E-state index is 12.7. The van der Waals surface area contributed by atoms with Gasteiger partial charge in [0.05, 0.1) is 11.4 Å². The quantitative estimate of drug-likeness (QED) is 0.649. The Morgan fingerprint density at radius 2 is 1.88 bits per heavy atom. The van der Waals surface area contributed by atoms with Crippen LogP contribution in [0.4, 0.5) is 0 Å². The lowest BCUT2D eigenvalue weighted by Gasteiger charge is -2.50. The molecule has 0 spiro atoms. The fraction of sp³-hybridized carbons (Fsp3) is 0.393. The van der Waals surface area contributed by atoms with Crippen LogP contribution in [0.25, 0.3) is 11.3 Å². The van der Waals surface area contributed by atoms with Gasteiger partial charge in [0.25, 0.3) is 0 Å². The van der Waals surface area contributed by atoms with Gasteiger partial charge in [-0.25, -0.2) is 9.97 Å². The third kappa shape index (κ3) is 3.29. The van der Waals surface area contributed by atoms with E-state index in [-0.39, 0.29) is 23.9 Å². The van der Waals surface area contributed by atoms with E-state index >= 15 is 0 Å². The topological polar surface area (TPSA) is 63.1 Å². The summed E-state index contributed by atoms with van der Waals surface area (Å²) in [6, 6.07) is 19.0. The summed E-state index contributed by atoms with van der Waals surface area (Å²) < 4.78 is 0. The highest BCUT2D eigenvalue weighted by Gasteiger charge is 2.53. The van der Waals surface area contributed by atoms with Crippen molar-refractivity contribution in [2.45, 2.75) is 51.4 Å². The molecule has 2 aromatic carbocycles. The third-order valence-corrected chi connectivity index (χ3v) is 7.65. The first-order valence-corrected chi connectivity index (χ1v) is 11.7. The van der Waals surface area contributed by atoms with Gasteiger partial charge < -0.3 is 5.11 Å². The number of fused-ring (bicyclic) bond motifs is 3. The van der Waals surface area contributed by atoms with Crippen LogP contribution < -0.4 is 0 Å². The lowest BCUT2D eigenvalue weighted by molar-refractivity contribution is -0.128. The molecule has 1 N–H and O–H groups in total. The SMILES string of the molecule is Cc1nc(-c2cccc(CCO)c2)c2c(n1)[C@@]1(c3ccccc3)CCC(=O)[C@@H](C)[C@@H]1CC2. The van der Waals surface area contributed by atoms with Crippen LogP contribution in [-0.2, 0) is 23.1 Å². The van der Waals surface area contributed by atoms with E-state index in [1.165, 1.54) is 11.1 Å². The van der Waals surface area contributed by atoms with E-state index in [1.807, 2.05) is 13.0 Å². The minimum atomic E-state index is -0.257. The number of aryl methyl sites for hydroxylation is 1. The highest BCUT2D eigenvalue weighted by Crippen LogP contribution is 2.55. The van der Waals surface area contributed by atoms with Gasteiger partial charge >= 0.3 is 0 Å². The second kappa shape index (κ2) is 8.25. The second-order valence-corrected chi connectivity index (χ2v) is 9.36. The van der Waals surface area contributed by atoms with Crippen LogP contribution in [-0.4, -0.2) is 27.5 Å². The summed E-state index contributed by atoms with van der Waals surface area (Å²) in [6.45, 7) is 4.22. The molecule has 0 aliphatic heterocycles. The molecular weight excluding hydrogens is 396 g/mol. The van der Waals surface area contributed by atoms with Crippen LogP contribution in [0.2, 0.25) is 0 Å². The summed E-state index contributed by atoms with van der Waals surface area (Å²) >= 11 is 0. The molecule has 0 radical (unpaired) electrons.